The maximum Gasteiger partial charge on any atom is 0.243 e. The van der Waals surface area contributed by atoms with Crippen molar-refractivity contribution < 1.29 is 22.7 Å². The molecule has 0 unspecified atom stereocenters. The Kier molecular flexibility index (Phi) is 6.96. The number of carbonyl (C=O) groups is 1. The van der Waals surface area contributed by atoms with Crippen LogP contribution >= 0.6 is 0 Å². The standard InChI is InChI=1S/C25H26N2O5S/c1-19-7-10-22(11-8-19)33(29,30)27(14-13-20-5-3-2-4-6-20)17-25(28)26-16-21-9-12-23-24(15-21)32-18-31-23/h2-12,15H,13-14,16-18H2,1H3,(H,26,28). The van der Waals surface area contributed by atoms with Crippen LogP contribution in [0.4, 0.5) is 0 Å². The minimum atomic E-state index is -3.84. The van der Waals surface area contributed by atoms with Gasteiger partial charge in [-0.2, -0.15) is 4.31 Å². The molecule has 1 N–H and O–H groups in total. The van der Waals surface area contributed by atoms with Crippen LogP contribution < -0.4 is 14.8 Å². The molecule has 0 aliphatic carbocycles. The molecule has 1 aliphatic heterocycles. The van der Waals surface area contributed by atoms with E-state index in [-0.39, 0.29) is 37.2 Å². The number of carbonyl (C=O) groups excluding carboxylic acids is 1. The number of ether oxygens (including phenoxy) is 2. The van der Waals surface area contributed by atoms with Crippen molar-refractivity contribution in [3.05, 3.63) is 89.5 Å². The molecule has 8 heteroatoms. The number of benzene rings is 3. The Morgan fingerprint density at radius 1 is 0.939 bits per heavy atom. The molecule has 0 fully saturated rings. The highest BCUT2D eigenvalue weighted by atomic mass is 32.2. The first-order chi connectivity index (χ1) is 15.9. The van der Waals surface area contributed by atoms with Crippen LogP contribution in [0.3, 0.4) is 0 Å². The Labute approximate surface area is 194 Å². The molecule has 1 heterocycles. The van der Waals surface area contributed by atoms with E-state index in [1.165, 1.54) is 4.31 Å². The van der Waals surface area contributed by atoms with Crippen LogP contribution in [0.15, 0.2) is 77.7 Å². The van der Waals surface area contributed by atoms with Crippen LogP contribution in [0, 0.1) is 6.92 Å². The normalized spacial score (nSPS) is 12.7. The van der Waals surface area contributed by atoms with Gasteiger partial charge in [0, 0.05) is 13.1 Å². The molecule has 3 aromatic rings. The fraction of sp³-hybridized carbons (Fsp3) is 0.240. The molecule has 4 rings (SSSR count). The molecule has 0 spiro atoms. The summed E-state index contributed by atoms with van der Waals surface area (Å²) in [6, 6.07) is 21.7. The maximum atomic E-state index is 13.3. The molecule has 33 heavy (non-hydrogen) atoms. The van der Waals surface area contributed by atoms with E-state index in [0.717, 1.165) is 16.7 Å². The first-order valence-electron chi connectivity index (χ1n) is 10.7. The van der Waals surface area contributed by atoms with Gasteiger partial charge < -0.3 is 14.8 Å². The van der Waals surface area contributed by atoms with Gasteiger partial charge >= 0.3 is 0 Å². The first kappa shape index (κ1) is 22.8. The van der Waals surface area contributed by atoms with Crippen LogP contribution in [0.25, 0.3) is 0 Å². The number of rotatable bonds is 9. The summed E-state index contributed by atoms with van der Waals surface area (Å²) in [6.45, 7) is 2.25. The van der Waals surface area contributed by atoms with Crippen molar-refractivity contribution in [2.45, 2.75) is 24.8 Å². The van der Waals surface area contributed by atoms with Gasteiger partial charge in [0.25, 0.3) is 0 Å². The second-order valence-electron chi connectivity index (χ2n) is 7.85. The van der Waals surface area contributed by atoms with E-state index in [2.05, 4.69) is 5.32 Å². The molecule has 3 aromatic carbocycles. The van der Waals surface area contributed by atoms with Gasteiger partial charge in [0.1, 0.15) is 0 Å². The molecule has 0 atom stereocenters. The Hall–Kier alpha value is -3.36. The highest BCUT2D eigenvalue weighted by Crippen LogP contribution is 2.32. The van der Waals surface area contributed by atoms with E-state index < -0.39 is 10.0 Å². The predicted octanol–water partition coefficient (Wildman–Crippen LogP) is 3.27. The number of nitrogens with one attached hydrogen (secondary N) is 1. The minimum Gasteiger partial charge on any atom is -0.454 e. The third-order valence-corrected chi connectivity index (χ3v) is 7.26. The van der Waals surface area contributed by atoms with Crippen molar-refractivity contribution >= 4 is 15.9 Å². The first-order valence-corrected chi connectivity index (χ1v) is 12.1. The summed E-state index contributed by atoms with van der Waals surface area (Å²) in [5.74, 6) is 0.922. The van der Waals surface area contributed by atoms with Gasteiger partial charge in [-0.3, -0.25) is 4.79 Å². The van der Waals surface area contributed by atoms with E-state index >= 15 is 0 Å². The number of fused-ring (bicyclic) bond motifs is 1. The van der Waals surface area contributed by atoms with Crippen LogP contribution in [0.2, 0.25) is 0 Å². The summed E-state index contributed by atoms with van der Waals surface area (Å²) >= 11 is 0. The molecular formula is C25H26N2O5S. The van der Waals surface area contributed by atoms with E-state index in [1.807, 2.05) is 43.3 Å². The van der Waals surface area contributed by atoms with E-state index in [9.17, 15) is 13.2 Å². The lowest BCUT2D eigenvalue weighted by Crippen LogP contribution is -2.41. The van der Waals surface area contributed by atoms with Gasteiger partial charge in [0.05, 0.1) is 11.4 Å². The predicted molar refractivity (Wildman–Crippen MR) is 124 cm³/mol. The summed E-state index contributed by atoms with van der Waals surface area (Å²) in [6.07, 6.45) is 0.501. The lowest BCUT2D eigenvalue weighted by Gasteiger charge is -2.22. The summed E-state index contributed by atoms with van der Waals surface area (Å²) in [7, 11) is -3.84. The molecule has 0 bridgehead atoms. The van der Waals surface area contributed by atoms with Gasteiger partial charge in [-0.25, -0.2) is 8.42 Å². The lowest BCUT2D eigenvalue weighted by molar-refractivity contribution is -0.121. The summed E-state index contributed by atoms with van der Waals surface area (Å²) in [5, 5.41) is 2.81. The zero-order chi connectivity index (χ0) is 23.3. The molecular weight excluding hydrogens is 440 g/mol. The second-order valence-corrected chi connectivity index (χ2v) is 9.79. The van der Waals surface area contributed by atoms with Crippen LogP contribution in [-0.2, 0) is 27.8 Å². The molecule has 1 aliphatic rings. The van der Waals surface area contributed by atoms with Gasteiger partial charge in [0.15, 0.2) is 11.5 Å². The Morgan fingerprint density at radius 2 is 1.67 bits per heavy atom. The zero-order valence-corrected chi connectivity index (χ0v) is 19.2. The third kappa shape index (κ3) is 5.71. The molecule has 0 saturated heterocycles. The average molecular weight is 467 g/mol. The number of amides is 1. The van der Waals surface area contributed by atoms with Gasteiger partial charge in [-0.15, -0.1) is 0 Å². The van der Waals surface area contributed by atoms with Crippen molar-refractivity contribution in [3.8, 4) is 11.5 Å². The minimum absolute atomic E-state index is 0.171. The van der Waals surface area contributed by atoms with Crippen molar-refractivity contribution in [1.82, 2.24) is 9.62 Å². The average Bonchev–Trinajstić information content (AvgIpc) is 3.29. The monoisotopic (exact) mass is 466 g/mol. The van der Waals surface area contributed by atoms with E-state index in [4.69, 9.17) is 9.47 Å². The summed E-state index contributed by atoms with van der Waals surface area (Å²) in [5.41, 5.74) is 2.80. The van der Waals surface area contributed by atoms with Crippen LogP contribution in [0.1, 0.15) is 16.7 Å². The lowest BCUT2D eigenvalue weighted by atomic mass is 10.1. The van der Waals surface area contributed by atoms with Gasteiger partial charge in [-0.05, 0) is 48.7 Å². The molecule has 1 amide bonds. The highest BCUT2D eigenvalue weighted by Gasteiger charge is 2.26. The van der Waals surface area contributed by atoms with E-state index in [0.29, 0.717) is 17.9 Å². The summed E-state index contributed by atoms with van der Waals surface area (Å²) < 4.78 is 38.5. The molecule has 0 saturated carbocycles. The number of aryl methyl sites for hydroxylation is 1. The highest BCUT2D eigenvalue weighted by molar-refractivity contribution is 7.89. The smallest absolute Gasteiger partial charge is 0.243 e. The largest absolute Gasteiger partial charge is 0.454 e. The number of sulfonamides is 1. The van der Waals surface area contributed by atoms with Gasteiger partial charge in [-0.1, -0.05) is 54.1 Å². The van der Waals surface area contributed by atoms with Crippen molar-refractivity contribution in [2.75, 3.05) is 19.9 Å². The third-order valence-electron chi connectivity index (χ3n) is 5.40. The molecule has 0 aromatic heterocycles. The SMILES string of the molecule is Cc1ccc(S(=O)(=O)N(CCc2ccccc2)CC(=O)NCc2ccc3c(c2)OCO3)cc1. The Bertz CT molecular complexity index is 1210. The van der Waals surface area contributed by atoms with E-state index in [1.54, 1.807) is 36.4 Å². The van der Waals surface area contributed by atoms with Crippen LogP contribution in [-0.4, -0.2) is 38.5 Å². The fourth-order valence-corrected chi connectivity index (χ4v) is 4.91. The quantitative estimate of drug-likeness (QED) is 0.523. The summed E-state index contributed by atoms with van der Waals surface area (Å²) in [4.78, 5) is 12.9. The number of hydrogen-bond donors (Lipinski definition) is 1. The molecule has 172 valence electrons. The van der Waals surface area contributed by atoms with Crippen molar-refractivity contribution in [2.24, 2.45) is 0 Å². The number of hydrogen-bond acceptors (Lipinski definition) is 5. The fourth-order valence-electron chi connectivity index (χ4n) is 3.51. The van der Waals surface area contributed by atoms with Crippen LogP contribution in [0.5, 0.6) is 11.5 Å². The Balaban J connectivity index is 1.46. The molecule has 7 nitrogen and oxygen atoms in total. The number of nitrogens with zero attached hydrogens (tertiary/aromatic N) is 1. The topological polar surface area (TPSA) is 84.9 Å². The van der Waals surface area contributed by atoms with Crippen molar-refractivity contribution in [3.63, 3.8) is 0 Å². The second kappa shape index (κ2) is 10.1. The Morgan fingerprint density at radius 3 is 2.42 bits per heavy atom. The van der Waals surface area contributed by atoms with Gasteiger partial charge in [0.2, 0.25) is 22.7 Å². The van der Waals surface area contributed by atoms with Crippen molar-refractivity contribution in [1.29, 1.82) is 0 Å². The maximum absolute atomic E-state index is 13.3. The molecule has 0 radical (unpaired) electrons. The zero-order valence-electron chi connectivity index (χ0n) is 18.4.